The van der Waals surface area contributed by atoms with Gasteiger partial charge in [-0.1, -0.05) is 0 Å². The molecule has 0 aliphatic carbocycles. The fourth-order valence-electron chi connectivity index (χ4n) is 1.35. The summed E-state index contributed by atoms with van der Waals surface area (Å²) in [5, 5.41) is 8.59. The maximum absolute atomic E-state index is 13.7. The number of benzene rings is 1. The van der Waals surface area contributed by atoms with Gasteiger partial charge in [-0.05, 0) is 23.9 Å². The fraction of sp³-hybridized carbons (Fsp3) is 0.300. The number of rotatable bonds is 5. The van der Waals surface area contributed by atoms with Gasteiger partial charge in [0, 0.05) is 5.75 Å². The number of carboxylic acid groups (broad SMARTS) is 1. The van der Waals surface area contributed by atoms with Crippen LogP contribution in [0.5, 0.6) is 0 Å². The molecular formula is C10H7F5O4S2. The van der Waals surface area contributed by atoms with Crippen molar-refractivity contribution in [2.75, 3.05) is 11.5 Å². The normalized spacial score (nSPS) is 12.4. The highest BCUT2D eigenvalue weighted by atomic mass is 32.2. The maximum Gasteiger partial charge on any atom is 0.441 e. The zero-order chi connectivity index (χ0) is 16.4. The summed E-state index contributed by atoms with van der Waals surface area (Å²) in [7, 11) is -4.51. The van der Waals surface area contributed by atoms with Gasteiger partial charge in [0.25, 0.3) is 0 Å². The first kappa shape index (κ1) is 17.7. The highest BCUT2D eigenvalue weighted by molar-refractivity contribution is 8.01. The molecule has 1 rings (SSSR count). The summed E-state index contributed by atoms with van der Waals surface area (Å²) >= 11 is -0.617. The first-order chi connectivity index (χ1) is 9.46. The van der Waals surface area contributed by atoms with Crippen LogP contribution in [0, 0.1) is 11.6 Å². The minimum Gasteiger partial charge on any atom is -0.477 e. The van der Waals surface area contributed by atoms with Crippen molar-refractivity contribution in [2.24, 2.45) is 0 Å². The molecule has 118 valence electrons. The van der Waals surface area contributed by atoms with Crippen molar-refractivity contribution in [1.82, 2.24) is 0 Å². The van der Waals surface area contributed by atoms with Gasteiger partial charge < -0.3 is 5.11 Å². The second-order valence-electron chi connectivity index (χ2n) is 3.65. The van der Waals surface area contributed by atoms with Crippen molar-refractivity contribution in [3.63, 3.8) is 0 Å². The van der Waals surface area contributed by atoms with E-state index in [1.54, 1.807) is 0 Å². The van der Waals surface area contributed by atoms with Crippen molar-refractivity contribution in [2.45, 2.75) is 10.4 Å². The lowest BCUT2D eigenvalue weighted by atomic mass is 10.2. The Morgan fingerprint density at radius 2 is 1.81 bits per heavy atom. The molecule has 0 aliphatic heterocycles. The van der Waals surface area contributed by atoms with Gasteiger partial charge in [0.2, 0.25) is 0 Å². The van der Waals surface area contributed by atoms with Crippen molar-refractivity contribution < 1.29 is 40.3 Å². The molecule has 0 unspecified atom stereocenters. The van der Waals surface area contributed by atoms with E-state index in [0.29, 0.717) is 12.1 Å². The number of sulfone groups is 1. The molecule has 11 heteroatoms. The van der Waals surface area contributed by atoms with E-state index >= 15 is 0 Å². The molecule has 1 aromatic rings. The van der Waals surface area contributed by atoms with Crippen LogP contribution in [0.15, 0.2) is 17.0 Å². The van der Waals surface area contributed by atoms with Crippen LogP contribution >= 0.6 is 11.8 Å². The predicted molar refractivity (Wildman–Crippen MR) is 63.9 cm³/mol. The summed E-state index contributed by atoms with van der Waals surface area (Å²) < 4.78 is 85.9. The zero-order valence-electron chi connectivity index (χ0n) is 9.95. The summed E-state index contributed by atoms with van der Waals surface area (Å²) in [4.78, 5) is 9.49. The molecule has 1 aromatic carbocycles. The van der Waals surface area contributed by atoms with E-state index < -0.39 is 66.7 Å². The van der Waals surface area contributed by atoms with Crippen molar-refractivity contribution in [3.05, 3.63) is 29.3 Å². The minimum atomic E-state index is -4.65. The van der Waals surface area contributed by atoms with Crippen LogP contribution in [0.3, 0.4) is 0 Å². The lowest BCUT2D eigenvalue weighted by Crippen LogP contribution is -2.16. The Balaban J connectivity index is 3.10. The van der Waals surface area contributed by atoms with Crippen molar-refractivity contribution >= 4 is 27.6 Å². The molecule has 0 spiro atoms. The Morgan fingerprint density at radius 1 is 1.24 bits per heavy atom. The van der Waals surface area contributed by atoms with Gasteiger partial charge in [-0.25, -0.2) is 22.0 Å². The van der Waals surface area contributed by atoms with Crippen LogP contribution in [0.2, 0.25) is 0 Å². The third-order valence-corrected chi connectivity index (χ3v) is 4.94. The van der Waals surface area contributed by atoms with Crippen LogP contribution < -0.4 is 0 Å². The Hall–Kier alpha value is -1.36. The largest absolute Gasteiger partial charge is 0.477 e. The third-order valence-electron chi connectivity index (χ3n) is 2.22. The standard InChI is InChI=1S/C10H7F5O4S2/c11-5-1-2-6(8(12)7(5)9(16)17)21(18,19)4-3-20-10(13,14)15/h1-2H,3-4H2,(H,16,17). The SMILES string of the molecule is O=C(O)c1c(F)ccc(S(=O)(=O)CCSC(F)(F)F)c1F. The van der Waals surface area contributed by atoms with Crippen LogP contribution in [0.1, 0.15) is 10.4 Å². The third kappa shape index (κ3) is 4.56. The number of hydrogen-bond donors (Lipinski definition) is 1. The van der Waals surface area contributed by atoms with Gasteiger partial charge in [-0.2, -0.15) is 13.2 Å². The number of aromatic carboxylic acids is 1. The summed E-state index contributed by atoms with van der Waals surface area (Å²) in [5.41, 5.74) is -6.12. The number of carbonyl (C=O) groups is 1. The molecule has 0 amide bonds. The number of thioether (sulfide) groups is 1. The van der Waals surface area contributed by atoms with E-state index in [2.05, 4.69) is 0 Å². The summed E-state index contributed by atoms with van der Waals surface area (Å²) in [6.45, 7) is 0. The van der Waals surface area contributed by atoms with E-state index in [9.17, 15) is 35.2 Å². The summed E-state index contributed by atoms with van der Waals surface area (Å²) in [6, 6.07) is 0.904. The molecule has 0 atom stereocenters. The molecule has 0 heterocycles. The Morgan fingerprint density at radius 3 is 2.29 bits per heavy atom. The molecule has 0 fully saturated rings. The Labute approximate surface area is 119 Å². The molecule has 1 N–H and O–H groups in total. The van der Waals surface area contributed by atoms with E-state index in [4.69, 9.17) is 5.11 Å². The molecule has 4 nitrogen and oxygen atoms in total. The first-order valence-electron chi connectivity index (χ1n) is 5.10. The molecule has 0 aliphatic rings. The molecule has 0 aromatic heterocycles. The van der Waals surface area contributed by atoms with Crippen LogP contribution in [0.25, 0.3) is 0 Å². The second kappa shape index (κ2) is 6.18. The monoisotopic (exact) mass is 350 g/mol. The van der Waals surface area contributed by atoms with Crippen LogP contribution in [-0.2, 0) is 9.84 Å². The quantitative estimate of drug-likeness (QED) is 0.653. The molecule has 0 radical (unpaired) electrons. The molecule has 0 saturated heterocycles. The Kier molecular flexibility index (Phi) is 5.20. The van der Waals surface area contributed by atoms with Gasteiger partial charge in [0.05, 0.1) is 5.75 Å². The second-order valence-corrected chi connectivity index (χ2v) is 6.89. The topological polar surface area (TPSA) is 71.4 Å². The highest BCUT2D eigenvalue weighted by Crippen LogP contribution is 2.31. The smallest absolute Gasteiger partial charge is 0.441 e. The van der Waals surface area contributed by atoms with Crippen LogP contribution in [-0.4, -0.2) is 36.5 Å². The fourth-order valence-corrected chi connectivity index (χ4v) is 3.66. The van der Waals surface area contributed by atoms with Gasteiger partial charge in [0.15, 0.2) is 15.7 Å². The van der Waals surface area contributed by atoms with E-state index in [1.807, 2.05) is 0 Å². The lowest BCUT2D eigenvalue weighted by molar-refractivity contribution is -0.0326. The van der Waals surface area contributed by atoms with Crippen molar-refractivity contribution in [1.29, 1.82) is 0 Å². The molecular weight excluding hydrogens is 343 g/mol. The Bertz CT molecular complexity index is 654. The van der Waals surface area contributed by atoms with Gasteiger partial charge in [0.1, 0.15) is 16.3 Å². The van der Waals surface area contributed by atoms with E-state index in [0.717, 1.165) is 0 Å². The van der Waals surface area contributed by atoms with E-state index in [1.165, 1.54) is 0 Å². The average molecular weight is 350 g/mol. The van der Waals surface area contributed by atoms with Gasteiger partial charge >= 0.3 is 11.5 Å². The number of carboxylic acids is 1. The molecule has 0 saturated carbocycles. The predicted octanol–water partition coefficient (Wildman–Crippen LogP) is 2.69. The minimum absolute atomic E-state index is 0.427. The van der Waals surface area contributed by atoms with E-state index in [-0.39, 0.29) is 0 Å². The molecule has 0 bridgehead atoms. The van der Waals surface area contributed by atoms with Gasteiger partial charge in [-0.3, -0.25) is 0 Å². The number of halogens is 5. The lowest BCUT2D eigenvalue weighted by Gasteiger charge is -2.09. The van der Waals surface area contributed by atoms with Crippen molar-refractivity contribution in [3.8, 4) is 0 Å². The van der Waals surface area contributed by atoms with Gasteiger partial charge in [-0.15, -0.1) is 0 Å². The maximum atomic E-state index is 13.7. The summed E-state index contributed by atoms with van der Waals surface area (Å²) in [6.07, 6.45) is 0. The highest BCUT2D eigenvalue weighted by Gasteiger charge is 2.31. The summed E-state index contributed by atoms with van der Waals surface area (Å²) in [5.74, 6) is -7.31. The number of alkyl halides is 3. The zero-order valence-corrected chi connectivity index (χ0v) is 11.6. The van der Waals surface area contributed by atoms with Crippen LogP contribution in [0.4, 0.5) is 22.0 Å². The first-order valence-corrected chi connectivity index (χ1v) is 7.74. The molecule has 21 heavy (non-hydrogen) atoms. The number of hydrogen-bond acceptors (Lipinski definition) is 4. The average Bonchev–Trinajstić information content (AvgIpc) is 2.25.